The zero-order chi connectivity index (χ0) is 18.1. The van der Waals surface area contributed by atoms with Crippen molar-refractivity contribution >= 4 is 39.9 Å². The average molecular weight is 387 g/mol. The minimum atomic E-state index is 0.418. The van der Waals surface area contributed by atoms with Crippen LogP contribution in [0.1, 0.15) is 5.56 Å². The Morgan fingerprint density at radius 2 is 1.88 bits per heavy atom. The van der Waals surface area contributed by atoms with Gasteiger partial charge in [-0.15, -0.1) is 0 Å². The number of nitrogens with two attached hydrogens (primary N) is 1. The summed E-state index contributed by atoms with van der Waals surface area (Å²) < 4.78 is 0. The molecule has 4 nitrogen and oxygen atoms in total. The highest BCUT2D eigenvalue weighted by Gasteiger charge is 2.16. The van der Waals surface area contributed by atoms with Gasteiger partial charge in [-0.25, -0.2) is 4.98 Å². The summed E-state index contributed by atoms with van der Waals surface area (Å²) in [6.45, 7) is 4.15. The first kappa shape index (κ1) is 17.6. The number of aromatic nitrogens is 1. The molecule has 2 aromatic carbocycles. The van der Waals surface area contributed by atoms with Crippen LogP contribution in [-0.4, -0.2) is 31.2 Å². The summed E-state index contributed by atoms with van der Waals surface area (Å²) in [7, 11) is 0. The van der Waals surface area contributed by atoms with Crippen LogP contribution < -0.4 is 16.0 Å². The molecule has 0 radical (unpaired) electrons. The molecule has 26 heavy (non-hydrogen) atoms. The van der Waals surface area contributed by atoms with Crippen molar-refractivity contribution in [3.8, 4) is 11.1 Å². The molecule has 2 heterocycles. The predicted molar refractivity (Wildman–Crippen MR) is 110 cm³/mol. The molecule has 1 saturated heterocycles. The molecule has 0 amide bonds. The molecular weight excluding hydrogens is 367 g/mol. The maximum absolute atomic E-state index is 6.55. The quantitative estimate of drug-likeness (QED) is 0.711. The Balaban J connectivity index is 1.76. The lowest BCUT2D eigenvalue weighted by Gasteiger charge is -2.29. The summed E-state index contributed by atoms with van der Waals surface area (Å²) in [5.74, 6) is 0.858. The van der Waals surface area contributed by atoms with Crippen LogP contribution in [0.15, 0.2) is 42.5 Å². The highest BCUT2D eigenvalue weighted by atomic mass is 35.5. The fraction of sp³-hybridized carbons (Fsp3) is 0.250. The lowest BCUT2D eigenvalue weighted by molar-refractivity contribution is 0.585. The van der Waals surface area contributed by atoms with Gasteiger partial charge in [0.05, 0.1) is 15.6 Å². The van der Waals surface area contributed by atoms with Gasteiger partial charge in [0.1, 0.15) is 5.82 Å². The number of nitrogens with one attached hydrogen (secondary N) is 1. The van der Waals surface area contributed by atoms with Crippen molar-refractivity contribution in [3.05, 3.63) is 58.1 Å². The second-order valence-corrected chi connectivity index (χ2v) is 7.21. The van der Waals surface area contributed by atoms with Crippen LogP contribution in [0.3, 0.4) is 0 Å². The van der Waals surface area contributed by atoms with Crippen LogP contribution in [0.25, 0.3) is 22.0 Å². The molecule has 3 N–H and O–H groups in total. The molecule has 1 fully saturated rings. The zero-order valence-corrected chi connectivity index (χ0v) is 15.8. The minimum absolute atomic E-state index is 0.418. The van der Waals surface area contributed by atoms with E-state index >= 15 is 0 Å². The second kappa shape index (κ2) is 7.41. The number of rotatable bonds is 3. The van der Waals surface area contributed by atoms with Gasteiger partial charge in [0.2, 0.25) is 0 Å². The lowest BCUT2D eigenvalue weighted by Crippen LogP contribution is -2.44. The standard InChI is InChI=1S/C20H20Cl2N4/c21-17-11-15-10-13(16-3-1-2-14(12-23)19(16)22)4-5-18(15)25-20(17)26-8-6-24-7-9-26/h1-5,10-11,24H,6-9,12,23H2. The summed E-state index contributed by atoms with van der Waals surface area (Å²) in [6, 6.07) is 14.1. The minimum Gasteiger partial charge on any atom is -0.353 e. The van der Waals surface area contributed by atoms with Crippen LogP contribution in [0.4, 0.5) is 5.82 Å². The monoisotopic (exact) mass is 386 g/mol. The summed E-state index contributed by atoms with van der Waals surface area (Å²) in [4.78, 5) is 7.03. The van der Waals surface area contributed by atoms with Gasteiger partial charge in [0.25, 0.3) is 0 Å². The maximum Gasteiger partial charge on any atom is 0.148 e. The van der Waals surface area contributed by atoms with E-state index in [1.807, 2.05) is 36.4 Å². The zero-order valence-electron chi connectivity index (χ0n) is 14.3. The maximum atomic E-state index is 6.55. The first-order valence-corrected chi connectivity index (χ1v) is 9.47. The molecular formula is C20H20Cl2N4. The van der Waals surface area contributed by atoms with Gasteiger partial charge < -0.3 is 16.0 Å². The third-order valence-electron chi connectivity index (χ3n) is 4.78. The van der Waals surface area contributed by atoms with Crippen molar-refractivity contribution in [2.75, 3.05) is 31.1 Å². The van der Waals surface area contributed by atoms with Crippen molar-refractivity contribution in [1.82, 2.24) is 10.3 Å². The summed E-state index contributed by atoms with van der Waals surface area (Å²) in [6.07, 6.45) is 0. The number of pyridine rings is 1. The van der Waals surface area contributed by atoms with E-state index in [0.717, 1.165) is 59.6 Å². The Morgan fingerprint density at radius 3 is 2.65 bits per heavy atom. The molecule has 1 aliphatic rings. The highest BCUT2D eigenvalue weighted by Crippen LogP contribution is 2.34. The van der Waals surface area contributed by atoms with Crippen molar-refractivity contribution in [1.29, 1.82) is 0 Å². The fourth-order valence-electron chi connectivity index (χ4n) is 3.37. The van der Waals surface area contributed by atoms with E-state index in [0.29, 0.717) is 16.6 Å². The van der Waals surface area contributed by atoms with Gasteiger partial charge in [0.15, 0.2) is 0 Å². The van der Waals surface area contributed by atoms with E-state index in [-0.39, 0.29) is 0 Å². The molecule has 1 aromatic heterocycles. The first-order valence-electron chi connectivity index (χ1n) is 8.71. The molecule has 0 saturated carbocycles. The molecule has 0 spiro atoms. The van der Waals surface area contributed by atoms with E-state index in [1.165, 1.54) is 0 Å². The molecule has 0 bridgehead atoms. The van der Waals surface area contributed by atoms with E-state index in [4.69, 9.17) is 33.9 Å². The molecule has 0 aliphatic carbocycles. The van der Waals surface area contributed by atoms with Crippen molar-refractivity contribution in [2.24, 2.45) is 5.73 Å². The van der Waals surface area contributed by atoms with Gasteiger partial charge >= 0.3 is 0 Å². The smallest absolute Gasteiger partial charge is 0.148 e. The highest BCUT2D eigenvalue weighted by molar-refractivity contribution is 6.34. The number of hydrogen-bond acceptors (Lipinski definition) is 4. The third-order valence-corrected chi connectivity index (χ3v) is 5.50. The number of hydrogen-bond donors (Lipinski definition) is 2. The van der Waals surface area contributed by atoms with E-state index < -0.39 is 0 Å². The van der Waals surface area contributed by atoms with Gasteiger partial charge in [-0.3, -0.25) is 0 Å². The normalized spacial score (nSPS) is 14.8. The number of fused-ring (bicyclic) bond motifs is 1. The van der Waals surface area contributed by atoms with Gasteiger partial charge in [-0.2, -0.15) is 0 Å². The Bertz CT molecular complexity index is 952. The number of benzene rings is 2. The fourth-order valence-corrected chi connectivity index (χ4v) is 3.96. The second-order valence-electron chi connectivity index (χ2n) is 6.42. The molecule has 6 heteroatoms. The molecule has 3 aromatic rings. The van der Waals surface area contributed by atoms with Crippen molar-refractivity contribution < 1.29 is 0 Å². The molecule has 1 aliphatic heterocycles. The Kier molecular flexibility index (Phi) is 5.00. The summed E-state index contributed by atoms with van der Waals surface area (Å²) >= 11 is 13.1. The molecule has 4 rings (SSSR count). The van der Waals surface area contributed by atoms with Gasteiger partial charge in [-0.1, -0.05) is 47.5 Å². The summed E-state index contributed by atoms with van der Waals surface area (Å²) in [5, 5.41) is 5.73. The Hall–Kier alpha value is -1.85. The topological polar surface area (TPSA) is 54.2 Å². The predicted octanol–water partition coefficient (Wildman–Crippen LogP) is 4.08. The Morgan fingerprint density at radius 1 is 1.08 bits per heavy atom. The molecule has 0 unspecified atom stereocenters. The third kappa shape index (κ3) is 3.26. The SMILES string of the molecule is NCc1cccc(-c2ccc3nc(N4CCNCC4)c(Cl)cc3c2)c1Cl. The van der Waals surface area contributed by atoms with Crippen molar-refractivity contribution in [3.63, 3.8) is 0 Å². The van der Waals surface area contributed by atoms with Crippen LogP contribution >= 0.6 is 23.2 Å². The van der Waals surface area contributed by atoms with Gasteiger partial charge in [-0.05, 0) is 29.3 Å². The van der Waals surface area contributed by atoms with E-state index in [9.17, 15) is 0 Å². The lowest BCUT2D eigenvalue weighted by atomic mass is 10.0. The number of anilines is 1. The van der Waals surface area contributed by atoms with Crippen LogP contribution in [0, 0.1) is 0 Å². The van der Waals surface area contributed by atoms with E-state index in [2.05, 4.69) is 16.3 Å². The van der Waals surface area contributed by atoms with Crippen LogP contribution in [-0.2, 0) is 6.54 Å². The number of piperazine rings is 1. The largest absolute Gasteiger partial charge is 0.353 e. The number of nitrogens with zero attached hydrogens (tertiary/aromatic N) is 2. The molecule has 0 atom stereocenters. The van der Waals surface area contributed by atoms with Crippen molar-refractivity contribution in [2.45, 2.75) is 6.54 Å². The summed E-state index contributed by atoms with van der Waals surface area (Å²) in [5.41, 5.74) is 9.65. The average Bonchev–Trinajstić information content (AvgIpc) is 2.68. The first-order chi connectivity index (χ1) is 12.7. The van der Waals surface area contributed by atoms with Crippen LogP contribution in [0.5, 0.6) is 0 Å². The number of halogens is 2. The molecule has 134 valence electrons. The Labute approximate surface area is 162 Å². The van der Waals surface area contributed by atoms with E-state index in [1.54, 1.807) is 0 Å². The van der Waals surface area contributed by atoms with Gasteiger partial charge in [0, 0.05) is 43.7 Å². The van der Waals surface area contributed by atoms with Crippen LogP contribution in [0.2, 0.25) is 10.0 Å².